The van der Waals surface area contributed by atoms with Crippen LogP contribution in [0.1, 0.15) is 41.2 Å². The number of benzene rings is 5. The smallest absolute Gasteiger partial charge is 0.266 e. The maximum atomic E-state index is 14.3. The number of halogens is 1. The van der Waals surface area contributed by atoms with E-state index >= 15 is 0 Å². The minimum Gasteiger partial charge on any atom is -0.494 e. The number of rotatable bonds is 3. The molecule has 2 amide bonds. The number of ketones is 1. The summed E-state index contributed by atoms with van der Waals surface area (Å²) in [6.07, 6.45) is 0. The number of Topliss-reactive ketones (excluding diaryl/α,β-unsaturated/α-hetero) is 1. The van der Waals surface area contributed by atoms with Crippen LogP contribution in [0, 0.1) is 17.8 Å². The number of amides is 2. The zero-order valence-electron chi connectivity index (χ0n) is 30.6. The molecule has 0 radical (unpaired) electrons. The van der Waals surface area contributed by atoms with Crippen molar-refractivity contribution >= 4 is 68.1 Å². The Bertz CT molecular complexity index is 2970. The lowest BCUT2D eigenvalue weighted by Crippen LogP contribution is -2.51. The molecule has 0 aliphatic carbocycles. The number of aliphatic imine (C=N–C) groups is 1. The van der Waals surface area contributed by atoms with Gasteiger partial charge >= 0.3 is 0 Å². The van der Waals surface area contributed by atoms with Gasteiger partial charge in [0.15, 0.2) is 5.88 Å². The molecule has 5 aromatic carbocycles. The highest BCUT2D eigenvalue weighted by Crippen LogP contribution is 2.56. The molecular weight excluding hydrogens is 740 g/mol. The molecule has 4 aliphatic heterocycles. The lowest BCUT2D eigenvalue weighted by atomic mass is 9.75. The van der Waals surface area contributed by atoms with E-state index in [4.69, 9.17) is 16.6 Å². The van der Waals surface area contributed by atoms with E-state index in [0.29, 0.717) is 55.7 Å². The summed E-state index contributed by atoms with van der Waals surface area (Å²) >= 11 is 6.09. The Balaban J connectivity index is 0.000000166. The topological polar surface area (TPSA) is 150 Å². The molecule has 57 heavy (non-hydrogen) atoms. The van der Waals surface area contributed by atoms with Crippen LogP contribution in [0.4, 0.5) is 11.4 Å². The number of aromatic nitrogens is 3. The Morgan fingerprint density at radius 3 is 2.25 bits per heavy atom. The van der Waals surface area contributed by atoms with E-state index in [2.05, 4.69) is 15.3 Å². The average molecular weight is 773 g/mol. The van der Waals surface area contributed by atoms with E-state index < -0.39 is 17.4 Å². The van der Waals surface area contributed by atoms with Gasteiger partial charge < -0.3 is 10.1 Å². The van der Waals surface area contributed by atoms with Gasteiger partial charge in [0.05, 0.1) is 45.4 Å². The van der Waals surface area contributed by atoms with Crippen molar-refractivity contribution in [2.75, 3.05) is 4.90 Å². The maximum absolute atomic E-state index is 14.3. The summed E-state index contributed by atoms with van der Waals surface area (Å²) in [7, 11) is 0. The minimum atomic E-state index is -1.13. The number of nitrogens with one attached hydrogen (secondary N) is 2. The third-order valence-electron chi connectivity index (χ3n) is 11.6. The Morgan fingerprint density at radius 1 is 0.789 bits per heavy atom. The molecule has 2 fully saturated rings. The Morgan fingerprint density at radius 2 is 1.47 bits per heavy atom. The first kappa shape index (κ1) is 34.8. The summed E-state index contributed by atoms with van der Waals surface area (Å²) < 4.78 is 1.62. The summed E-state index contributed by atoms with van der Waals surface area (Å²) in [5.41, 5.74) is 3.97. The Labute approximate surface area is 330 Å². The lowest BCUT2D eigenvalue weighted by Gasteiger charge is -2.32. The van der Waals surface area contributed by atoms with E-state index in [9.17, 15) is 24.3 Å². The first-order valence-electron chi connectivity index (χ1n) is 18.7. The fourth-order valence-corrected chi connectivity index (χ4v) is 9.29. The van der Waals surface area contributed by atoms with Gasteiger partial charge in [-0.1, -0.05) is 86.1 Å². The predicted molar refractivity (Wildman–Crippen MR) is 218 cm³/mol. The average Bonchev–Trinajstić information content (AvgIpc) is 3.98. The van der Waals surface area contributed by atoms with Crippen LogP contribution in [0.25, 0.3) is 27.5 Å². The third-order valence-corrected chi connectivity index (χ3v) is 11.9. The molecule has 7 aromatic rings. The zero-order valence-corrected chi connectivity index (χ0v) is 31.4. The number of imide groups is 1. The highest BCUT2D eigenvalue weighted by Gasteiger charge is 2.70. The van der Waals surface area contributed by atoms with Gasteiger partial charge in [-0.25, -0.2) is 14.9 Å². The molecule has 11 rings (SSSR count). The van der Waals surface area contributed by atoms with Crippen LogP contribution in [-0.2, 0) is 15.1 Å². The molecule has 2 unspecified atom stereocenters. The Kier molecular flexibility index (Phi) is 7.73. The predicted octanol–water partition coefficient (Wildman–Crippen LogP) is 7.22. The first-order valence-corrected chi connectivity index (χ1v) is 19.0. The van der Waals surface area contributed by atoms with Crippen LogP contribution in [0.5, 0.6) is 5.88 Å². The van der Waals surface area contributed by atoms with Crippen molar-refractivity contribution < 1.29 is 19.5 Å². The van der Waals surface area contributed by atoms with Crippen LogP contribution in [0.2, 0.25) is 5.02 Å². The number of carbonyl (C=O) groups is 3. The normalized spacial score (nSPS) is 21.5. The van der Waals surface area contributed by atoms with Crippen molar-refractivity contribution in [1.82, 2.24) is 19.9 Å². The van der Waals surface area contributed by atoms with E-state index in [0.717, 1.165) is 16.5 Å². The van der Waals surface area contributed by atoms with Crippen molar-refractivity contribution in [1.29, 1.82) is 0 Å². The number of hydrogen-bond donors (Lipinski definition) is 3. The van der Waals surface area contributed by atoms with Gasteiger partial charge in [0.1, 0.15) is 17.1 Å². The summed E-state index contributed by atoms with van der Waals surface area (Å²) in [6.45, 7) is 4.08. The molecule has 4 atom stereocenters. The zero-order chi connectivity index (χ0) is 39.3. The summed E-state index contributed by atoms with van der Waals surface area (Å²) in [5.74, 6) is -1.63. The molecule has 2 aromatic heterocycles. The number of hydrogen-bond acceptors (Lipinski definition) is 8. The Hall–Kier alpha value is -6.69. The SMILES string of the molecule is CC(C)C1NC2(c3ccccc3-n3c2nc2ccccc2c3=O)[C@H]2C(=O)N(c3ccc(Cl)cc3)C(=O)[C@@H]12.O=C1C(c2c(O)[nH]c3ccccc23)=Nc2ccccc21. The van der Waals surface area contributed by atoms with Crippen LogP contribution in [0.15, 0.2) is 131 Å². The van der Waals surface area contributed by atoms with E-state index in [1.807, 2.05) is 92.7 Å². The largest absolute Gasteiger partial charge is 0.494 e. The lowest BCUT2D eigenvalue weighted by molar-refractivity contribution is -0.123. The number of H-pyrrole nitrogens is 1. The third kappa shape index (κ3) is 4.89. The number of fused-ring (bicyclic) bond motifs is 10. The summed E-state index contributed by atoms with van der Waals surface area (Å²) in [4.78, 5) is 68.1. The van der Waals surface area contributed by atoms with Gasteiger partial charge in [-0.3, -0.25) is 29.1 Å². The van der Waals surface area contributed by atoms with Gasteiger partial charge in [-0.15, -0.1) is 0 Å². The molecule has 1 spiro atoms. The maximum Gasteiger partial charge on any atom is 0.266 e. The second kappa shape index (κ2) is 12.7. The van der Waals surface area contributed by atoms with Crippen molar-refractivity contribution in [3.63, 3.8) is 0 Å². The van der Waals surface area contributed by atoms with E-state index in [1.54, 1.807) is 47.0 Å². The fourth-order valence-electron chi connectivity index (χ4n) is 9.17. The van der Waals surface area contributed by atoms with Crippen molar-refractivity contribution in [3.8, 4) is 11.6 Å². The standard InChI is InChI=1S/C29H23ClN4O3.C16H10N2O2/c1-15(2)24-22-23(27(37)33(26(22)36)17-13-11-16(30)12-14-17)29(32-24)19-8-4-6-10-21(19)34-25(35)18-7-3-5-9-20(18)31-28(29)34;19-15-10-6-2-4-8-12(10)17-14(15)13-9-5-1-3-7-11(9)18-16(13)20/h3-15,22-24,32H,1-2H3;1-8,18,20H/t22-,23-,24?,29?;/m1./s1. The van der Waals surface area contributed by atoms with Gasteiger partial charge in [0.25, 0.3) is 5.56 Å². The van der Waals surface area contributed by atoms with Gasteiger partial charge in [0, 0.05) is 33.1 Å². The summed E-state index contributed by atoms with van der Waals surface area (Å²) in [5, 5.41) is 15.6. The number of aromatic amines is 1. The summed E-state index contributed by atoms with van der Waals surface area (Å²) in [6, 6.07) is 35.9. The number of anilines is 1. The second-order valence-electron chi connectivity index (χ2n) is 15.0. The molecule has 280 valence electrons. The molecule has 0 saturated carbocycles. The monoisotopic (exact) mass is 772 g/mol. The molecule has 3 N–H and O–H groups in total. The van der Waals surface area contributed by atoms with Crippen molar-refractivity contribution in [2.24, 2.45) is 22.7 Å². The molecule has 2 saturated heterocycles. The number of carbonyl (C=O) groups excluding carboxylic acids is 3. The fraction of sp³-hybridized carbons (Fsp3) is 0.156. The molecule has 4 aliphatic rings. The molecule has 12 heteroatoms. The van der Waals surface area contributed by atoms with Crippen LogP contribution >= 0.6 is 11.6 Å². The molecule has 6 heterocycles. The highest BCUT2D eigenvalue weighted by molar-refractivity contribution is 6.56. The van der Waals surface area contributed by atoms with E-state index in [1.165, 1.54) is 4.90 Å². The van der Waals surface area contributed by atoms with Gasteiger partial charge in [-0.05, 0) is 66.6 Å². The number of aromatic hydroxyl groups is 1. The number of para-hydroxylation sites is 4. The van der Waals surface area contributed by atoms with Gasteiger partial charge in [0.2, 0.25) is 17.6 Å². The second-order valence-corrected chi connectivity index (χ2v) is 15.5. The van der Waals surface area contributed by atoms with Crippen LogP contribution < -0.4 is 15.8 Å². The highest BCUT2D eigenvalue weighted by atomic mass is 35.5. The molecule has 0 bridgehead atoms. The molecular formula is C45H33ClN6O5. The van der Waals surface area contributed by atoms with Crippen LogP contribution in [-0.4, -0.2) is 49.0 Å². The van der Waals surface area contributed by atoms with Crippen molar-refractivity contribution in [3.05, 3.63) is 159 Å². The molecule has 11 nitrogen and oxygen atoms in total. The van der Waals surface area contributed by atoms with Crippen LogP contribution in [0.3, 0.4) is 0 Å². The quantitative estimate of drug-likeness (QED) is 0.161. The minimum absolute atomic E-state index is 0.0221. The van der Waals surface area contributed by atoms with Crippen molar-refractivity contribution in [2.45, 2.75) is 25.4 Å². The van der Waals surface area contributed by atoms with Gasteiger partial charge in [-0.2, -0.15) is 0 Å². The number of nitrogens with zero attached hydrogens (tertiary/aromatic N) is 4. The van der Waals surface area contributed by atoms with E-state index in [-0.39, 0.29) is 41.0 Å². The first-order chi connectivity index (χ1) is 27.6.